The molecule has 0 amide bonds. The summed E-state index contributed by atoms with van der Waals surface area (Å²) in [6.45, 7) is 1.94. The van der Waals surface area contributed by atoms with Crippen LogP contribution in [0.25, 0.3) is 11.1 Å². The molecule has 3 heteroatoms. The molecule has 0 aliphatic carbocycles. The molecule has 76 valence electrons. The molecule has 3 N–H and O–H groups in total. The molecule has 1 aromatic carbocycles. The van der Waals surface area contributed by atoms with Gasteiger partial charge >= 0.3 is 0 Å². The number of aromatic nitrogens is 1. The maximum absolute atomic E-state index is 11.6. The molecule has 0 bridgehead atoms. The maximum atomic E-state index is 11.6. The average molecular weight is 200 g/mol. The summed E-state index contributed by atoms with van der Waals surface area (Å²) in [7, 11) is 0. The number of nitrogen functional groups attached to an aromatic ring is 1. The van der Waals surface area contributed by atoms with Crippen molar-refractivity contribution in [1.29, 1.82) is 0 Å². The third-order valence-corrected chi connectivity index (χ3v) is 2.36. The quantitative estimate of drug-likeness (QED) is 0.691. The van der Waals surface area contributed by atoms with E-state index in [0.29, 0.717) is 11.3 Å². The number of nitrogens with two attached hydrogens (primary N) is 1. The van der Waals surface area contributed by atoms with Crippen LogP contribution in [-0.2, 0) is 0 Å². The SMILES string of the molecule is Cc1cc(N)ccc1-c1ccc[nH]c1=O. The van der Waals surface area contributed by atoms with Crippen molar-refractivity contribution in [2.45, 2.75) is 6.92 Å². The van der Waals surface area contributed by atoms with Crippen LogP contribution in [0.5, 0.6) is 0 Å². The molecular weight excluding hydrogens is 188 g/mol. The minimum Gasteiger partial charge on any atom is -0.399 e. The van der Waals surface area contributed by atoms with E-state index in [-0.39, 0.29) is 5.56 Å². The van der Waals surface area contributed by atoms with Crippen molar-refractivity contribution in [3.8, 4) is 11.1 Å². The van der Waals surface area contributed by atoms with Crippen LogP contribution in [0, 0.1) is 6.92 Å². The van der Waals surface area contributed by atoms with Gasteiger partial charge in [-0.1, -0.05) is 6.07 Å². The largest absolute Gasteiger partial charge is 0.399 e. The smallest absolute Gasteiger partial charge is 0.255 e. The van der Waals surface area contributed by atoms with Crippen LogP contribution in [0.3, 0.4) is 0 Å². The van der Waals surface area contributed by atoms with Gasteiger partial charge < -0.3 is 10.7 Å². The first-order valence-electron chi connectivity index (χ1n) is 4.72. The third kappa shape index (κ3) is 1.76. The molecule has 0 unspecified atom stereocenters. The summed E-state index contributed by atoms with van der Waals surface area (Å²) >= 11 is 0. The van der Waals surface area contributed by atoms with Crippen molar-refractivity contribution in [2.24, 2.45) is 0 Å². The zero-order valence-corrected chi connectivity index (χ0v) is 8.45. The van der Waals surface area contributed by atoms with E-state index in [1.54, 1.807) is 18.3 Å². The van der Waals surface area contributed by atoms with E-state index in [0.717, 1.165) is 11.1 Å². The standard InChI is InChI=1S/C12H12N2O/c1-8-7-9(13)4-5-10(8)11-3-2-6-14-12(11)15/h2-7H,13H2,1H3,(H,14,15). The molecule has 1 aromatic heterocycles. The second kappa shape index (κ2) is 3.61. The van der Waals surface area contributed by atoms with Gasteiger partial charge in [-0.25, -0.2) is 0 Å². The van der Waals surface area contributed by atoms with Gasteiger partial charge in [0.15, 0.2) is 0 Å². The van der Waals surface area contributed by atoms with Crippen molar-refractivity contribution in [3.63, 3.8) is 0 Å². The summed E-state index contributed by atoms with van der Waals surface area (Å²) in [6.07, 6.45) is 1.62. The van der Waals surface area contributed by atoms with E-state index in [9.17, 15) is 4.79 Å². The Labute approximate surface area is 87.6 Å². The summed E-state index contributed by atoms with van der Waals surface area (Å²) in [5, 5.41) is 0. The molecular formula is C12H12N2O. The van der Waals surface area contributed by atoms with E-state index < -0.39 is 0 Å². The predicted octanol–water partition coefficient (Wildman–Crippen LogP) is 1.93. The van der Waals surface area contributed by atoms with Gasteiger partial charge in [0.25, 0.3) is 5.56 Å². The number of aromatic amines is 1. The molecule has 0 saturated carbocycles. The Morgan fingerprint density at radius 1 is 1.20 bits per heavy atom. The molecule has 0 atom stereocenters. The molecule has 0 radical (unpaired) electrons. The van der Waals surface area contributed by atoms with Crippen molar-refractivity contribution in [2.75, 3.05) is 5.73 Å². The normalized spacial score (nSPS) is 10.2. The minimum atomic E-state index is -0.0784. The van der Waals surface area contributed by atoms with Gasteiger partial charge in [0.1, 0.15) is 0 Å². The van der Waals surface area contributed by atoms with E-state index in [4.69, 9.17) is 5.73 Å². The minimum absolute atomic E-state index is 0.0784. The summed E-state index contributed by atoms with van der Waals surface area (Å²) in [4.78, 5) is 14.2. The number of aryl methyl sites for hydroxylation is 1. The average Bonchev–Trinajstić information content (AvgIpc) is 2.20. The highest BCUT2D eigenvalue weighted by Gasteiger charge is 2.05. The Bertz CT molecular complexity index is 543. The molecule has 15 heavy (non-hydrogen) atoms. The maximum Gasteiger partial charge on any atom is 0.255 e. The van der Waals surface area contributed by atoms with Crippen molar-refractivity contribution in [1.82, 2.24) is 4.98 Å². The highest BCUT2D eigenvalue weighted by Crippen LogP contribution is 2.21. The molecule has 0 spiro atoms. The summed E-state index contributed by atoms with van der Waals surface area (Å²) in [5.41, 5.74) is 8.90. The molecule has 1 heterocycles. The lowest BCUT2D eigenvalue weighted by Gasteiger charge is -2.05. The van der Waals surface area contributed by atoms with E-state index in [2.05, 4.69) is 4.98 Å². The van der Waals surface area contributed by atoms with Crippen molar-refractivity contribution in [3.05, 3.63) is 52.4 Å². The number of hydrogen-bond acceptors (Lipinski definition) is 2. The molecule has 2 aromatic rings. The van der Waals surface area contributed by atoms with Crippen LogP contribution >= 0.6 is 0 Å². The van der Waals surface area contributed by atoms with Gasteiger partial charge in [0, 0.05) is 17.4 Å². The third-order valence-electron chi connectivity index (χ3n) is 2.36. The number of hydrogen-bond donors (Lipinski definition) is 2. The lowest BCUT2D eigenvalue weighted by atomic mass is 10.0. The summed E-state index contributed by atoms with van der Waals surface area (Å²) < 4.78 is 0. The Hall–Kier alpha value is -2.03. The van der Waals surface area contributed by atoms with Crippen LogP contribution in [0.1, 0.15) is 5.56 Å². The highest BCUT2D eigenvalue weighted by atomic mass is 16.1. The fourth-order valence-electron chi connectivity index (χ4n) is 1.62. The molecule has 0 aliphatic heterocycles. The number of pyridine rings is 1. The number of rotatable bonds is 1. The Balaban J connectivity index is 2.65. The highest BCUT2D eigenvalue weighted by molar-refractivity contribution is 5.68. The van der Waals surface area contributed by atoms with Gasteiger partial charge in [0.2, 0.25) is 0 Å². The lowest BCUT2D eigenvalue weighted by molar-refractivity contribution is 1.24. The predicted molar refractivity (Wildman–Crippen MR) is 61.6 cm³/mol. The lowest BCUT2D eigenvalue weighted by Crippen LogP contribution is -2.07. The van der Waals surface area contributed by atoms with Crippen LogP contribution in [0.4, 0.5) is 5.69 Å². The van der Waals surface area contributed by atoms with E-state index >= 15 is 0 Å². The van der Waals surface area contributed by atoms with Crippen LogP contribution in [-0.4, -0.2) is 4.98 Å². The van der Waals surface area contributed by atoms with Crippen LogP contribution in [0.2, 0.25) is 0 Å². The second-order valence-electron chi connectivity index (χ2n) is 3.49. The van der Waals surface area contributed by atoms with Crippen LogP contribution in [0.15, 0.2) is 41.3 Å². The number of nitrogens with one attached hydrogen (secondary N) is 1. The fourth-order valence-corrected chi connectivity index (χ4v) is 1.62. The molecule has 0 aliphatic rings. The number of benzene rings is 1. The van der Waals surface area contributed by atoms with Gasteiger partial charge in [-0.15, -0.1) is 0 Å². The first-order valence-corrected chi connectivity index (χ1v) is 4.72. The molecule has 2 rings (SSSR count). The molecule has 0 fully saturated rings. The number of H-pyrrole nitrogens is 1. The van der Waals surface area contributed by atoms with Gasteiger partial charge in [-0.05, 0) is 42.3 Å². The Kier molecular flexibility index (Phi) is 2.29. The molecule has 0 saturated heterocycles. The topological polar surface area (TPSA) is 58.9 Å². The molecule has 3 nitrogen and oxygen atoms in total. The van der Waals surface area contributed by atoms with Crippen LogP contribution < -0.4 is 11.3 Å². The zero-order chi connectivity index (χ0) is 10.8. The number of anilines is 1. The zero-order valence-electron chi connectivity index (χ0n) is 8.45. The fraction of sp³-hybridized carbons (Fsp3) is 0.0833. The summed E-state index contributed by atoms with van der Waals surface area (Å²) in [6, 6.07) is 9.15. The van der Waals surface area contributed by atoms with Crippen molar-refractivity contribution < 1.29 is 0 Å². The monoisotopic (exact) mass is 200 g/mol. The van der Waals surface area contributed by atoms with Gasteiger partial charge in [-0.3, -0.25) is 4.79 Å². The van der Waals surface area contributed by atoms with E-state index in [1.807, 2.05) is 25.1 Å². The first-order chi connectivity index (χ1) is 7.18. The Morgan fingerprint density at radius 2 is 2.00 bits per heavy atom. The summed E-state index contributed by atoms with van der Waals surface area (Å²) in [5.74, 6) is 0. The first kappa shape index (κ1) is 9.52. The Morgan fingerprint density at radius 3 is 2.67 bits per heavy atom. The van der Waals surface area contributed by atoms with Gasteiger partial charge in [-0.2, -0.15) is 0 Å². The second-order valence-corrected chi connectivity index (χ2v) is 3.49. The van der Waals surface area contributed by atoms with E-state index in [1.165, 1.54) is 0 Å². The van der Waals surface area contributed by atoms with Crippen molar-refractivity contribution >= 4 is 5.69 Å². The van der Waals surface area contributed by atoms with Gasteiger partial charge in [0.05, 0.1) is 0 Å².